The molecule has 1 aliphatic heterocycles. The number of benzene rings is 1. The van der Waals surface area contributed by atoms with Gasteiger partial charge in [-0.25, -0.2) is 0 Å². The summed E-state index contributed by atoms with van der Waals surface area (Å²) >= 11 is 0. The summed E-state index contributed by atoms with van der Waals surface area (Å²) in [4.78, 5) is 15.5. The molecule has 1 fully saturated rings. The van der Waals surface area contributed by atoms with Crippen LogP contribution in [-0.4, -0.2) is 125 Å². The van der Waals surface area contributed by atoms with Gasteiger partial charge in [-0.2, -0.15) is 0 Å². The Labute approximate surface area is 252 Å². The van der Waals surface area contributed by atoms with Crippen molar-refractivity contribution in [2.75, 3.05) is 59.3 Å². The van der Waals surface area contributed by atoms with Gasteiger partial charge < -0.3 is 53.9 Å². The third-order valence-corrected chi connectivity index (χ3v) is 11.5. The quantitative estimate of drug-likeness (QED) is 0.0513. The van der Waals surface area contributed by atoms with Crippen molar-refractivity contribution in [3.05, 3.63) is 34.2 Å². The second-order valence-corrected chi connectivity index (χ2v) is 16.1. The molecule has 1 heterocycles. The zero-order valence-corrected chi connectivity index (χ0v) is 26.5. The third-order valence-electron chi connectivity index (χ3n) is 7.14. The van der Waals surface area contributed by atoms with Gasteiger partial charge in [-0.05, 0) is 41.9 Å². The standard InChI is InChI=1S/C27H46N4O11Si/c1-27(2,3)43(4,5)42-20-16-18(6-7-19(20)40-26-24(35)23(34)22(33)21(17-32)41-26)25(36)29-8-10-37-12-14-39-15-13-38-11-9-30-31-28/h6-7,16,21-24,26,32-35H,8-15,17H2,1-5H3,(H,29,36)/t21-,22+,23+,24-,26?/m1/s1. The molecule has 0 spiro atoms. The fourth-order valence-corrected chi connectivity index (χ4v) is 4.59. The van der Waals surface area contributed by atoms with Crippen molar-refractivity contribution in [3.8, 4) is 11.5 Å². The van der Waals surface area contributed by atoms with Crippen LogP contribution in [0.4, 0.5) is 0 Å². The summed E-state index contributed by atoms with van der Waals surface area (Å²) in [6.07, 6.45) is -7.27. The number of rotatable bonds is 18. The van der Waals surface area contributed by atoms with E-state index in [0.29, 0.717) is 38.6 Å². The number of amides is 1. The maximum atomic E-state index is 12.9. The number of hydrogen-bond donors (Lipinski definition) is 5. The highest BCUT2D eigenvalue weighted by atomic mass is 28.4. The van der Waals surface area contributed by atoms with Crippen molar-refractivity contribution in [1.29, 1.82) is 0 Å². The Kier molecular flexibility index (Phi) is 15.1. The van der Waals surface area contributed by atoms with E-state index in [-0.39, 0.29) is 42.1 Å². The molecule has 1 saturated heterocycles. The normalized spacial score (nSPS) is 22.5. The van der Waals surface area contributed by atoms with E-state index in [2.05, 4.69) is 36.1 Å². The lowest BCUT2D eigenvalue weighted by Crippen LogP contribution is -2.60. The molecule has 43 heavy (non-hydrogen) atoms. The Bertz CT molecular complexity index is 1050. The van der Waals surface area contributed by atoms with Crippen LogP contribution in [0.1, 0.15) is 31.1 Å². The second-order valence-electron chi connectivity index (χ2n) is 11.4. The summed E-state index contributed by atoms with van der Waals surface area (Å²) in [6.45, 7) is 12.2. The molecule has 1 aromatic carbocycles. The Hall–Kier alpha value is -2.50. The van der Waals surface area contributed by atoms with Gasteiger partial charge in [0.2, 0.25) is 6.29 Å². The second kappa shape index (κ2) is 17.7. The molecule has 2 rings (SSSR count). The topological polar surface area (TPSA) is 214 Å². The number of aliphatic hydroxyl groups excluding tert-OH is 4. The van der Waals surface area contributed by atoms with Gasteiger partial charge in [-0.3, -0.25) is 4.79 Å². The van der Waals surface area contributed by atoms with Gasteiger partial charge in [0.25, 0.3) is 14.2 Å². The number of carbonyl (C=O) groups is 1. The number of carbonyl (C=O) groups excluding carboxylic acids is 1. The molecule has 0 bridgehead atoms. The summed E-state index contributed by atoms with van der Waals surface area (Å²) < 4.78 is 33.9. The summed E-state index contributed by atoms with van der Waals surface area (Å²) in [5, 5.41) is 46.2. The Morgan fingerprint density at radius 2 is 1.63 bits per heavy atom. The number of nitrogens with zero attached hydrogens (tertiary/aromatic N) is 3. The molecule has 15 nitrogen and oxygen atoms in total. The first-order valence-corrected chi connectivity index (χ1v) is 17.1. The largest absolute Gasteiger partial charge is 0.541 e. The van der Waals surface area contributed by atoms with E-state index in [1.807, 2.05) is 13.1 Å². The molecule has 16 heteroatoms. The van der Waals surface area contributed by atoms with Gasteiger partial charge in [0.15, 0.2) is 5.75 Å². The predicted molar refractivity (Wildman–Crippen MR) is 157 cm³/mol. The number of azide groups is 1. The van der Waals surface area contributed by atoms with Crippen LogP contribution < -0.4 is 14.5 Å². The fraction of sp³-hybridized carbons (Fsp3) is 0.741. The average molecular weight is 631 g/mol. The number of aliphatic hydroxyl groups is 4. The van der Waals surface area contributed by atoms with Crippen LogP contribution in [0.5, 0.6) is 11.5 Å². The number of hydrogen-bond acceptors (Lipinski definition) is 12. The zero-order valence-electron chi connectivity index (χ0n) is 25.5. The lowest BCUT2D eigenvalue weighted by Gasteiger charge is -2.40. The van der Waals surface area contributed by atoms with E-state index in [4.69, 9.17) is 33.6 Å². The third kappa shape index (κ3) is 11.5. The van der Waals surface area contributed by atoms with E-state index in [0.717, 1.165) is 0 Å². The zero-order chi connectivity index (χ0) is 32.0. The minimum Gasteiger partial charge on any atom is -0.541 e. The molecular formula is C27H46N4O11Si. The van der Waals surface area contributed by atoms with Crippen LogP contribution in [0, 0.1) is 0 Å². The van der Waals surface area contributed by atoms with Crippen LogP contribution in [0.15, 0.2) is 23.3 Å². The minimum absolute atomic E-state index is 0.162. The molecule has 1 unspecified atom stereocenters. The van der Waals surface area contributed by atoms with Crippen molar-refractivity contribution in [1.82, 2.24) is 5.32 Å². The number of nitrogens with one attached hydrogen (secondary N) is 1. The fourth-order valence-electron chi connectivity index (χ4n) is 3.58. The van der Waals surface area contributed by atoms with Crippen LogP contribution in [0.3, 0.4) is 0 Å². The molecule has 0 radical (unpaired) electrons. The lowest BCUT2D eigenvalue weighted by molar-refractivity contribution is -0.277. The molecule has 1 aromatic rings. The molecule has 5 atom stereocenters. The highest BCUT2D eigenvalue weighted by molar-refractivity contribution is 6.74. The van der Waals surface area contributed by atoms with Gasteiger partial charge >= 0.3 is 0 Å². The maximum absolute atomic E-state index is 12.9. The molecule has 244 valence electrons. The van der Waals surface area contributed by atoms with Crippen molar-refractivity contribution in [2.24, 2.45) is 5.11 Å². The molecule has 5 N–H and O–H groups in total. The first-order chi connectivity index (χ1) is 20.3. The van der Waals surface area contributed by atoms with Gasteiger partial charge in [0, 0.05) is 23.6 Å². The van der Waals surface area contributed by atoms with Gasteiger partial charge in [0.05, 0.1) is 46.2 Å². The van der Waals surface area contributed by atoms with Crippen molar-refractivity contribution in [2.45, 2.75) is 69.6 Å². The number of ether oxygens (including phenoxy) is 5. The Morgan fingerprint density at radius 1 is 1.00 bits per heavy atom. The molecule has 0 aliphatic carbocycles. The van der Waals surface area contributed by atoms with E-state index in [1.165, 1.54) is 12.1 Å². The highest BCUT2D eigenvalue weighted by Crippen LogP contribution is 2.41. The van der Waals surface area contributed by atoms with Crippen molar-refractivity contribution >= 4 is 14.2 Å². The SMILES string of the molecule is CC(C)(C)[Si](C)(C)Oc1cc(C(=O)NCCOCCOCCOCCN=[N+]=[N-])ccc1OC1O[C@H](CO)[C@H](O)[C@H](O)[C@H]1O. The summed E-state index contributed by atoms with van der Waals surface area (Å²) in [6, 6.07) is 4.57. The van der Waals surface area contributed by atoms with E-state index in [9.17, 15) is 25.2 Å². The first kappa shape index (κ1) is 36.7. The van der Waals surface area contributed by atoms with E-state index >= 15 is 0 Å². The van der Waals surface area contributed by atoms with E-state index < -0.39 is 45.6 Å². The monoisotopic (exact) mass is 630 g/mol. The molecule has 1 amide bonds. The van der Waals surface area contributed by atoms with Gasteiger partial charge in [-0.15, -0.1) is 0 Å². The molecule has 0 saturated carbocycles. The summed E-state index contributed by atoms with van der Waals surface area (Å²) in [5.74, 6) is 0.0543. The Morgan fingerprint density at radius 3 is 2.23 bits per heavy atom. The first-order valence-electron chi connectivity index (χ1n) is 14.1. The summed E-state index contributed by atoms with van der Waals surface area (Å²) in [7, 11) is -2.42. The van der Waals surface area contributed by atoms with Crippen LogP contribution >= 0.6 is 0 Å². The van der Waals surface area contributed by atoms with Crippen LogP contribution in [0.2, 0.25) is 18.1 Å². The summed E-state index contributed by atoms with van der Waals surface area (Å²) in [5.41, 5.74) is 8.49. The van der Waals surface area contributed by atoms with Gasteiger partial charge in [0.1, 0.15) is 30.2 Å². The maximum Gasteiger partial charge on any atom is 0.251 e. The van der Waals surface area contributed by atoms with Crippen molar-refractivity contribution in [3.63, 3.8) is 0 Å². The smallest absolute Gasteiger partial charge is 0.251 e. The Balaban J connectivity index is 1.96. The lowest BCUT2D eigenvalue weighted by atomic mass is 9.99. The molecule has 0 aromatic heterocycles. The van der Waals surface area contributed by atoms with E-state index in [1.54, 1.807) is 6.07 Å². The van der Waals surface area contributed by atoms with Crippen molar-refractivity contribution < 1.29 is 53.3 Å². The van der Waals surface area contributed by atoms with Gasteiger partial charge in [-0.1, -0.05) is 25.9 Å². The molecular weight excluding hydrogens is 584 g/mol. The minimum atomic E-state index is -2.42. The molecule has 1 aliphatic rings. The highest BCUT2D eigenvalue weighted by Gasteiger charge is 2.45. The van der Waals surface area contributed by atoms with Crippen LogP contribution in [-0.2, 0) is 18.9 Å². The van der Waals surface area contributed by atoms with Crippen LogP contribution in [0.25, 0.3) is 10.4 Å². The average Bonchev–Trinajstić information content (AvgIpc) is 2.95. The predicted octanol–water partition coefficient (Wildman–Crippen LogP) is 1.34.